The Hall–Kier alpha value is -0.310. The molecule has 0 saturated carbocycles. The zero-order valence-electron chi connectivity index (χ0n) is 4.39. The van der Waals surface area contributed by atoms with E-state index in [9.17, 15) is 0 Å². The third kappa shape index (κ3) is 1.33. The van der Waals surface area contributed by atoms with E-state index >= 15 is 0 Å². The molecule has 0 amide bonds. The summed E-state index contributed by atoms with van der Waals surface area (Å²) in [5.74, 6) is 1.04. The van der Waals surface area contributed by atoms with Crippen LogP contribution >= 0.6 is 15.9 Å². The summed E-state index contributed by atoms with van der Waals surface area (Å²) in [6.07, 6.45) is 4.57. The first kappa shape index (κ1) is 5.82. The molecule has 44 valence electrons. The van der Waals surface area contributed by atoms with Gasteiger partial charge in [-0.15, -0.1) is 0 Å². The number of aromatic nitrogens is 2. The first-order valence-electron chi connectivity index (χ1n) is 2.47. The second-order valence-electron chi connectivity index (χ2n) is 1.47. The van der Waals surface area contributed by atoms with Gasteiger partial charge in [-0.2, -0.15) is 0 Å². The minimum Gasteiger partial charge on any atom is -0.349 e. The lowest BCUT2D eigenvalue weighted by atomic mass is 10.5. The Balaban J connectivity index is 2.50. The summed E-state index contributed by atoms with van der Waals surface area (Å²) >= 11 is 3.31. The van der Waals surface area contributed by atoms with Crippen molar-refractivity contribution in [2.45, 2.75) is 6.42 Å². The van der Waals surface area contributed by atoms with Crippen molar-refractivity contribution < 1.29 is 0 Å². The molecule has 0 aromatic carbocycles. The van der Waals surface area contributed by atoms with Crippen molar-refractivity contribution in [3.63, 3.8) is 0 Å². The number of H-pyrrole nitrogens is 1. The Morgan fingerprint density at radius 2 is 2.62 bits per heavy atom. The second-order valence-corrected chi connectivity index (χ2v) is 2.27. The molecule has 0 aliphatic heterocycles. The van der Waals surface area contributed by atoms with Gasteiger partial charge in [0, 0.05) is 24.1 Å². The van der Waals surface area contributed by atoms with Gasteiger partial charge in [0.05, 0.1) is 0 Å². The number of imidazole rings is 1. The van der Waals surface area contributed by atoms with Crippen molar-refractivity contribution in [2.24, 2.45) is 0 Å². The molecule has 0 aliphatic carbocycles. The quantitative estimate of drug-likeness (QED) is 0.675. The summed E-state index contributed by atoms with van der Waals surface area (Å²) < 4.78 is 0. The highest BCUT2D eigenvalue weighted by Gasteiger charge is 1.88. The largest absolute Gasteiger partial charge is 0.349 e. The van der Waals surface area contributed by atoms with E-state index in [4.69, 9.17) is 0 Å². The Kier molecular flexibility index (Phi) is 2.09. The third-order valence-electron chi connectivity index (χ3n) is 0.886. The summed E-state index contributed by atoms with van der Waals surface area (Å²) in [5.41, 5.74) is 0. The lowest BCUT2D eigenvalue weighted by molar-refractivity contribution is 1.01. The zero-order valence-corrected chi connectivity index (χ0v) is 5.98. The van der Waals surface area contributed by atoms with Crippen molar-refractivity contribution in [2.75, 3.05) is 5.33 Å². The fraction of sp³-hybridized carbons (Fsp3) is 0.400. The summed E-state index contributed by atoms with van der Waals surface area (Å²) in [6.45, 7) is 0. The van der Waals surface area contributed by atoms with E-state index in [0.717, 1.165) is 17.6 Å². The Bertz CT molecular complexity index is 136. The van der Waals surface area contributed by atoms with Crippen LogP contribution in [0.3, 0.4) is 0 Å². The van der Waals surface area contributed by atoms with E-state index in [1.54, 1.807) is 6.20 Å². The summed E-state index contributed by atoms with van der Waals surface area (Å²) in [4.78, 5) is 7.02. The molecule has 0 radical (unpaired) electrons. The SMILES string of the molecule is BrCCc1ncc[nH]1. The molecule has 1 heterocycles. The Morgan fingerprint density at radius 3 is 3.12 bits per heavy atom. The van der Waals surface area contributed by atoms with Gasteiger partial charge in [0.15, 0.2) is 0 Å². The van der Waals surface area contributed by atoms with E-state index in [-0.39, 0.29) is 0 Å². The predicted molar refractivity (Wildman–Crippen MR) is 36.1 cm³/mol. The van der Waals surface area contributed by atoms with Crippen LogP contribution in [0, 0.1) is 0 Å². The Labute approximate surface area is 56.5 Å². The molecular formula is C5H7BrN2. The molecule has 0 bridgehead atoms. The van der Waals surface area contributed by atoms with Crippen LogP contribution in [-0.2, 0) is 6.42 Å². The van der Waals surface area contributed by atoms with Crippen LogP contribution in [0.4, 0.5) is 0 Å². The number of hydrogen-bond acceptors (Lipinski definition) is 1. The maximum atomic E-state index is 4.02. The topological polar surface area (TPSA) is 28.7 Å². The number of aryl methyl sites for hydroxylation is 1. The molecule has 2 nitrogen and oxygen atoms in total. The number of hydrogen-bond donors (Lipinski definition) is 1. The lowest BCUT2D eigenvalue weighted by Gasteiger charge is -1.84. The summed E-state index contributed by atoms with van der Waals surface area (Å²) in [6, 6.07) is 0. The van der Waals surface area contributed by atoms with E-state index < -0.39 is 0 Å². The van der Waals surface area contributed by atoms with Gasteiger partial charge >= 0.3 is 0 Å². The van der Waals surface area contributed by atoms with E-state index in [1.807, 2.05) is 6.20 Å². The van der Waals surface area contributed by atoms with E-state index in [1.165, 1.54) is 0 Å². The minimum atomic E-state index is 0.973. The summed E-state index contributed by atoms with van der Waals surface area (Å²) in [7, 11) is 0. The molecular weight excluding hydrogens is 168 g/mol. The van der Waals surface area contributed by atoms with Gasteiger partial charge in [-0.3, -0.25) is 0 Å². The van der Waals surface area contributed by atoms with Gasteiger partial charge in [0.2, 0.25) is 0 Å². The van der Waals surface area contributed by atoms with E-state index in [2.05, 4.69) is 25.9 Å². The average Bonchev–Trinajstić information content (AvgIpc) is 2.19. The van der Waals surface area contributed by atoms with Gasteiger partial charge < -0.3 is 4.98 Å². The van der Waals surface area contributed by atoms with Crippen molar-refractivity contribution in [3.05, 3.63) is 18.2 Å². The van der Waals surface area contributed by atoms with Gasteiger partial charge in [0.1, 0.15) is 5.82 Å². The van der Waals surface area contributed by atoms with Crippen LogP contribution in [0.25, 0.3) is 0 Å². The maximum absolute atomic E-state index is 4.02. The number of nitrogens with one attached hydrogen (secondary N) is 1. The van der Waals surface area contributed by atoms with Gasteiger partial charge in [-0.25, -0.2) is 4.98 Å². The molecule has 0 fully saturated rings. The maximum Gasteiger partial charge on any atom is 0.106 e. The molecule has 0 saturated heterocycles. The fourth-order valence-corrected chi connectivity index (χ4v) is 0.900. The van der Waals surface area contributed by atoms with Crippen molar-refractivity contribution in [1.29, 1.82) is 0 Å². The normalized spacial score (nSPS) is 9.62. The molecule has 1 aromatic heterocycles. The second kappa shape index (κ2) is 2.87. The first-order valence-corrected chi connectivity index (χ1v) is 3.60. The van der Waals surface area contributed by atoms with Crippen molar-refractivity contribution in [1.82, 2.24) is 9.97 Å². The molecule has 0 atom stereocenters. The van der Waals surface area contributed by atoms with Crippen molar-refractivity contribution >= 4 is 15.9 Å². The molecule has 8 heavy (non-hydrogen) atoms. The van der Waals surface area contributed by atoms with Crippen LogP contribution in [0.1, 0.15) is 5.82 Å². The zero-order chi connectivity index (χ0) is 5.82. The average molecular weight is 175 g/mol. The number of alkyl halides is 1. The predicted octanol–water partition coefficient (Wildman–Crippen LogP) is 1.35. The highest BCUT2D eigenvalue weighted by atomic mass is 79.9. The summed E-state index contributed by atoms with van der Waals surface area (Å²) in [5, 5.41) is 0.973. The Morgan fingerprint density at radius 1 is 1.75 bits per heavy atom. The first-order chi connectivity index (χ1) is 3.93. The van der Waals surface area contributed by atoms with Crippen molar-refractivity contribution in [3.8, 4) is 0 Å². The van der Waals surface area contributed by atoms with Gasteiger partial charge in [-0.1, -0.05) is 15.9 Å². The molecule has 3 heteroatoms. The highest BCUT2D eigenvalue weighted by Crippen LogP contribution is 1.92. The number of rotatable bonds is 2. The smallest absolute Gasteiger partial charge is 0.106 e. The molecule has 1 rings (SSSR count). The van der Waals surface area contributed by atoms with Crippen LogP contribution in [0.15, 0.2) is 12.4 Å². The molecule has 0 unspecified atom stereocenters. The molecule has 1 aromatic rings. The fourth-order valence-electron chi connectivity index (χ4n) is 0.524. The number of aromatic amines is 1. The van der Waals surface area contributed by atoms with Crippen LogP contribution < -0.4 is 0 Å². The molecule has 1 N–H and O–H groups in total. The number of nitrogens with zero attached hydrogens (tertiary/aromatic N) is 1. The van der Waals surface area contributed by atoms with Gasteiger partial charge in [0.25, 0.3) is 0 Å². The standard InChI is InChI=1S/C5H7BrN2/c6-2-1-5-7-3-4-8-5/h3-4H,1-2H2,(H,7,8). The van der Waals surface area contributed by atoms with Crippen LogP contribution in [0.2, 0.25) is 0 Å². The van der Waals surface area contributed by atoms with E-state index in [0.29, 0.717) is 0 Å². The lowest BCUT2D eigenvalue weighted by Crippen LogP contribution is -1.86. The molecule has 0 aliphatic rings. The molecule has 0 spiro atoms. The highest BCUT2D eigenvalue weighted by molar-refractivity contribution is 9.09. The van der Waals surface area contributed by atoms with Gasteiger partial charge in [-0.05, 0) is 0 Å². The third-order valence-corrected chi connectivity index (χ3v) is 1.28. The monoisotopic (exact) mass is 174 g/mol. The van der Waals surface area contributed by atoms with Crippen LogP contribution in [-0.4, -0.2) is 15.3 Å². The van der Waals surface area contributed by atoms with Crippen LogP contribution in [0.5, 0.6) is 0 Å². The minimum absolute atomic E-state index is 0.973. The number of halogens is 1.